The predicted octanol–water partition coefficient (Wildman–Crippen LogP) is 4.31. The Labute approximate surface area is 169 Å². The number of hydrogen-bond donors (Lipinski definition) is 2. The number of hydrogen-bond acceptors (Lipinski definition) is 3. The maximum Gasteiger partial charge on any atom is 0.265 e. The van der Waals surface area contributed by atoms with Gasteiger partial charge in [-0.15, -0.1) is 0 Å². The molecule has 0 saturated heterocycles. The summed E-state index contributed by atoms with van der Waals surface area (Å²) < 4.78 is 1.64. The van der Waals surface area contributed by atoms with Crippen molar-refractivity contribution in [3.05, 3.63) is 64.7 Å². The lowest BCUT2D eigenvalue weighted by atomic mass is 9.96. The zero-order chi connectivity index (χ0) is 19.5. The summed E-state index contributed by atoms with van der Waals surface area (Å²) in [6.45, 7) is 1.85. The zero-order valence-corrected chi connectivity index (χ0v) is 16.8. The lowest BCUT2D eigenvalue weighted by molar-refractivity contribution is 0.415. The standard InChI is InChI=1S/C22H24N4OS/c1-15-23-20-10-6-5-9-19(20)21(27)26(15)18-13-11-17(12-14-18)25-22(28)24-16-7-3-2-4-8-16/h5-6,9-14,16H,2-4,7-8H2,1H3,(H2,24,25,28). The van der Waals surface area contributed by atoms with Crippen LogP contribution in [0.5, 0.6) is 0 Å². The van der Waals surface area contributed by atoms with E-state index in [1.165, 1.54) is 32.1 Å². The van der Waals surface area contributed by atoms with Gasteiger partial charge in [0.25, 0.3) is 5.56 Å². The third-order valence-corrected chi connectivity index (χ3v) is 5.49. The first kappa shape index (κ1) is 18.6. The highest BCUT2D eigenvalue weighted by Crippen LogP contribution is 2.18. The van der Waals surface area contributed by atoms with Crippen LogP contribution in [0.3, 0.4) is 0 Å². The fourth-order valence-electron chi connectivity index (χ4n) is 3.84. The predicted molar refractivity (Wildman–Crippen MR) is 118 cm³/mol. The molecule has 1 aliphatic rings. The normalized spacial score (nSPS) is 14.8. The summed E-state index contributed by atoms with van der Waals surface area (Å²) in [6, 6.07) is 15.6. The minimum atomic E-state index is -0.0571. The van der Waals surface area contributed by atoms with Crippen LogP contribution < -0.4 is 16.2 Å². The van der Waals surface area contributed by atoms with E-state index < -0.39 is 0 Å². The molecule has 1 fully saturated rings. The molecule has 0 aliphatic heterocycles. The SMILES string of the molecule is Cc1nc2ccccc2c(=O)n1-c1ccc(NC(=S)NC2CCCCC2)cc1. The lowest BCUT2D eigenvalue weighted by Gasteiger charge is -2.24. The Morgan fingerprint density at radius 3 is 2.54 bits per heavy atom. The summed E-state index contributed by atoms with van der Waals surface area (Å²) in [5.74, 6) is 0.666. The second-order valence-electron chi connectivity index (χ2n) is 7.30. The number of anilines is 1. The lowest BCUT2D eigenvalue weighted by Crippen LogP contribution is -2.38. The number of aryl methyl sites for hydroxylation is 1. The molecule has 144 valence electrons. The van der Waals surface area contributed by atoms with E-state index in [-0.39, 0.29) is 5.56 Å². The van der Waals surface area contributed by atoms with Gasteiger partial charge in [0.15, 0.2) is 5.11 Å². The molecule has 5 nitrogen and oxygen atoms in total. The third kappa shape index (κ3) is 3.92. The number of benzene rings is 2. The second kappa shape index (κ2) is 8.10. The average molecular weight is 393 g/mol. The molecule has 1 aromatic heterocycles. The van der Waals surface area contributed by atoms with Gasteiger partial charge in [0.1, 0.15) is 5.82 Å². The van der Waals surface area contributed by atoms with E-state index in [1.807, 2.05) is 55.5 Å². The summed E-state index contributed by atoms with van der Waals surface area (Å²) in [6.07, 6.45) is 6.21. The van der Waals surface area contributed by atoms with Crippen LogP contribution in [0, 0.1) is 6.92 Å². The molecule has 0 atom stereocenters. The zero-order valence-electron chi connectivity index (χ0n) is 15.9. The first-order valence-corrected chi connectivity index (χ1v) is 10.2. The van der Waals surface area contributed by atoms with E-state index in [0.29, 0.717) is 22.4 Å². The van der Waals surface area contributed by atoms with Crippen molar-refractivity contribution in [1.82, 2.24) is 14.9 Å². The maximum absolute atomic E-state index is 12.9. The fraction of sp³-hybridized carbons (Fsp3) is 0.318. The van der Waals surface area contributed by atoms with Gasteiger partial charge in [-0.1, -0.05) is 31.4 Å². The Bertz CT molecular complexity index is 1050. The Balaban J connectivity index is 1.53. The molecule has 2 aromatic carbocycles. The molecule has 6 heteroatoms. The molecule has 0 amide bonds. The smallest absolute Gasteiger partial charge is 0.265 e. The number of aromatic nitrogens is 2. The summed E-state index contributed by atoms with van der Waals surface area (Å²) in [5.41, 5.74) is 2.35. The Morgan fingerprint density at radius 1 is 1.07 bits per heavy atom. The largest absolute Gasteiger partial charge is 0.360 e. The number of nitrogens with one attached hydrogen (secondary N) is 2. The molecule has 1 aliphatic carbocycles. The van der Waals surface area contributed by atoms with Crippen LogP contribution in [-0.2, 0) is 0 Å². The number of thiocarbonyl (C=S) groups is 1. The Kier molecular flexibility index (Phi) is 5.39. The molecule has 0 unspecified atom stereocenters. The summed E-state index contributed by atoms with van der Waals surface area (Å²) >= 11 is 5.45. The van der Waals surface area contributed by atoms with Gasteiger partial charge in [-0.25, -0.2) is 4.98 Å². The van der Waals surface area contributed by atoms with E-state index in [4.69, 9.17) is 12.2 Å². The fourth-order valence-corrected chi connectivity index (χ4v) is 4.13. The van der Waals surface area contributed by atoms with Crippen LogP contribution in [-0.4, -0.2) is 20.7 Å². The Morgan fingerprint density at radius 2 is 1.79 bits per heavy atom. The molecule has 28 heavy (non-hydrogen) atoms. The monoisotopic (exact) mass is 392 g/mol. The molecule has 1 heterocycles. The van der Waals surface area contributed by atoms with Crippen LogP contribution in [0.2, 0.25) is 0 Å². The summed E-state index contributed by atoms with van der Waals surface area (Å²) in [5, 5.41) is 7.92. The minimum Gasteiger partial charge on any atom is -0.360 e. The van der Waals surface area contributed by atoms with Crippen molar-refractivity contribution in [2.45, 2.75) is 45.1 Å². The van der Waals surface area contributed by atoms with Gasteiger partial charge >= 0.3 is 0 Å². The van der Waals surface area contributed by atoms with Gasteiger partial charge in [0.2, 0.25) is 0 Å². The number of nitrogens with zero attached hydrogens (tertiary/aromatic N) is 2. The van der Waals surface area contributed by atoms with E-state index in [1.54, 1.807) is 4.57 Å². The van der Waals surface area contributed by atoms with Crippen LogP contribution in [0.15, 0.2) is 53.3 Å². The first-order chi connectivity index (χ1) is 13.6. The molecule has 3 aromatic rings. The highest BCUT2D eigenvalue weighted by atomic mass is 32.1. The van der Waals surface area contributed by atoms with Gasteiger partial charge < -0.3 is 10.6 Å². The van der Waals surface area contributed by atoms with Crippen molar-refractivity contribution in [1.29, 1.82) is 0 Å². The molecular weight excluding hydrogens is 368 g/mol. The molecule has 4 rings (SSSR count). The van der Waals surface area contributed by atoms with Gasteiger partial charge in [-0.3, -0.25) is 9.36 Å². The Hall–Kier alpha value is -2.73. The maximum atomic E-state index is 12.9. The molecule has 0 bridgehead atoms. The number of para-hydroxylation sites is 1. The van der Waals surface area contributed by atoms with Crippen LogP contribution in [0.4, 0.5) is 5.69 Å². The number of fused-ring (bicyclic) bond motifs is 1. The van der Waals surface area contributed by atoms with Crippen LogP contribution in [0.1, 0.15) is 37.9 Å². The quantitative estimate of drug-likeness (QED) is 0.651. The molecule has 0 radical (unpaired) electrons. The van der Waals surface area contributed by atoms with Gasteiger partial charge in [0.05, 0.1) is 16.6 Å². The minimum absolute atomic E-state index is 0.0571. The number of rotatable bonds is 3. The van der Waals surface area contributed by atoms with Crippen LogP contribution in [0.25, 0.3) is 16.6 Å². The highest BCUT2D eigenvalue weighted by molar-refractivity contribution is 7.80. The van der Waals surface area contributed by atoms with E-state index in [0.717, 1.165) is 16.9 Å². The van der Waals surface area contributed by atoms with Crippen molar-refractivity contribution in [2.75, 3.05) is 5.32 Å². The van der Waals surface area contributed by atoms with E-state index in [2.05, 4.69) is 15.6 Å². The van der Waals surface area contributed by atoms with E-state index >= 15 is 0 Å². The van der Waals surface area contributed by atoms with Crippen molar-refractivity contribution in [3.63, 3.8) is 0 Å². The average Bonchev–Trinajstić information content (AvgIpc) is 2.70. The first-order valence-electron chi connectivity index (χ1n) is 9.78. The third-order valence-electron chi connectivity index (χ3n) is 5.27. The molecule has 0 spiro atoms. The summed E-state index contributed by atoms with van der Waals surface area (Å²) in [7, 11) is 0. The summed E-state index contributed by atoms with van der Waals surface area (Å²) in [4.78, 5) is 17.5. The second-order valence-corrected chi connectivity index (χ2v) is 7.71. The van der Waals surface area contributed by atoms with Crippen molar-refractivity contribution in [3.8, 4) is 5.69 Å². The van der Waals surface area contributed by atoms with E-state index in [9.17, 15) is 4.79 Å². The molecular formula is C22H24N4OS. The van der Waals surface area contributed by atoms with Crippen molar-refractivity contribution < 1.29 is 0 Å². The molecule has 1 saturated carbocycles. The van der Waals surface area contributed by atoms with Crippen LogP contribution >= 0.6 is 12.2 Å². The topological polar surface area (TPSA) is 59.0 Å². The highest BCUT2D eigenvalue weighted by Gasteiger charge is 2.14. The van der Waals surface area contributed by atoms with Gasteiger partial charge in [-0.2, -0.15) is 0 Å². The van der Waals surface area contributed by atoms with Crippen molar-refractivity contribution >= 4 is 33.9 Å². The van der Waals surface area contributed by atoms with Crippen molar-refractivity contribution in [2.24, 2.45) is 0 Å². The van der Waals surface area contributed by atoms with Gasteiger partial charge in [0, 0.05) is 11.7 Å². The molecule has 2 N–H and O–H groups in total. The van der Waals surface area contributed by atoms with Gasteiger partial charge in [-0.05, 0) is 68.4 Å².